The maximum atomic E-state index is 14.2. The molecule has 0 aromatic rings. The SMILES string of the molecule is C[C@]12CC[C@H](C3CCCCC3)C[C@@]1(OC(=O)C(=O)O[C@]13CC[C@H](C=NOCCN)[C@@]1(C)CC[C@H](C1CCCCC1)C3)CC[C@@H]2C=NOCCN. The van der Waals surface area contributed by atoms with E-state index in [4.69, 9.17) is 30.6 Å². The number of carbonyl (C=O) groups excluding carboxylic acids is 2. The van der Waals surface area contributed by atoms with Gasteiger partial charge in [0.2, 0.25) is 0 Å². The van der Waals surface area contributed by atoms with Gasteiger partial charge < -0.3 is 30.6 Å². The van der Waals surface area contributed by atoms with Crippen LogP contribution >= 0.6 is 0 Å². The summed E-state index contributed by atoms with van der Waals surface area (Å²) in [6, 6.07) is 0. The molecule has 0 spiro atoms. The van der Waals surface area contributed by atoms with Gasteiger partial charge in [-0.2, -0.15) is 0 Å². The Morgan fingerprint density at radius 1 is 0.580 bits per heavy atom. The van der Waals surface area contributed by atoms with E-state index in [9.17, 15) is 9.59 Å². The van der Waals surface area contributed by atoms with Gasteiger partial charge in [-0.05, 0) is 87.9 Å². The van der Waals surface area contributed by atoms with E-state index in [0.717, 1.165) is 51.4 Å². The first-order valence-corrected chi connectivity index (χ1v) is 20.4. The van der Waals surface area contributed by atoms with Crippen LogP contribution < -0.4 is 11.5 Å². The van der Waals surface area contributed by atoms with Gasteiger partial charge in [-0.3, -0.25) is 0 Å². The normalized spacial score (nSPS) is 39.7. The van der Waals surface area contributed by atoms with Gasteiger partial charge in [0.15, 0.2) is 0 Å². The average Bonchev–Trinajstić information content (AvgIpc) is 3.58. The number of hydrogen-bond donors (Lipinski definition) is 2. The van der Waals surface area contributed by atoms with Crippen LogP contribution in [0.2, 0.25) is 0 Å². The van der Waals surface area contributed by atoms with Crippen molar-refractivity contribution in [3.63, 3.8) is 0 Å². The van der Waals surface area contributed by atoms with Gasteiger partial charge in [0, 0.05) is 48.2 Å². The highest BCUT2D eigenvalue weighted by Crippen LogP contribution is 2.64. The number of carbonyl (C=O) groups is 2. The van der Waals surface area contributed by atoms with Gasteiger partial charge in [-0.1, -0.05) is 88.4 Å². The van der Waals surface area contributed by atoms with Crippen molar-refractivity contribution in [3.8, 4) is 0 Å². The smallest absolute Gasteiger partial charge is 0.418 e. The van der Waals surface area contributed by atoms with E-state index >= 15 is 0 Å². The highest BCUT2D eigenvalue weighted by Gasteiger charge is 2.65. The Labute approximate surface area is 300 Å². The van der Waals surface area contributed by atoms with E-state index in [0.29, 0.717) is 62.8 Å². The van der Waals surface area contributed by atoms with Crippen LogP contribution in [0.4, 0.5) is 0 Å². The van der Waals surface area contributed by atoms with Gasteiger partial charge in [-0.15, -0.1) is 0 Å². The summed E-state index contributed by atoms with van der Waals surface area (Å²) < 4.78 is 13.3. The molecule has 0 amide bonds. The molecular weight excluding hydrogens is 632 g/mol. The first kappa shape index (κ1) is 37.6. The van der Waals surface area contributed by atoms with Crippen molar-refractivity contribution in [1.82, 2.24) is 0 Å². The largest absolute Gasteiger partial charge is 0.450 e. The average molecular weight is 699 g/mol. The zero-order valence-corrected chi connectivity index (χ0v) is 31.1. The number of nitrogens with two attached hydrogens (primary N) is 2. The summed E-state index contributed by atoms with van der Waals surface area (Å²) in [6.07, 6.45) is 25.3. The fourth-order valence-corrected chi connectivity index (χ4v) is 12.0. The van der Waals surface area contributed by atoms with Crippen LogP contribution in [0, 0.1) is 46.3 Å². The minimum Gasteiger partial charge on any atom is -0.450 e. The molecule has 8 atom stereocenters. The van der Waals surface area contributed by atoms with Crippen LogP contribution in [0.25, 0.3) is 0 Å². The van der Waals surface area contributed by atoms with Crippen LogP contribution in [0.5, 0.6) is 0 Å². The zero-order valence-electron chi connectivity index (χ0n) is 31.1. The maximum Gasteiger partial charge on any atom is 0.418 e. The molecule has 6 rings (SSSR count). The second kappa shape index (κ2) is 16.2. The fraction of sp³-hybridized carbons (Fsp3) is 0.900. The van der Waals surface area contributed by atoms with E-state index < -0.39 is 23.1 Å². The summed E-state index contributed by atoms with van der Waals surface area (Å²) in [5.41, 5.74) is 9.08. The molecule has 4 N–H and O–H groups in total. The third-order valence-electron chi connectivity index (χ3n) is 15.1. The number of hydrogen-bond acceptors (Lipinski definition) is 10. The van der Waals surface area contributed by atoms with Crippen molar-refractivity contribution >= 4 is 24.4 Å². The van der Waals surface area contributed by atoms with Crippen molar-refractivity contribution in [2.24, 2.45) is 68.1 Å². The Bertz CT molecular complexity index is 1130. The Balaban J connectivity index is 1.23. The lowest BCUT2D eigenvalue weighted by atomic mass is 9.57. The highest BCUT2D eigenvalue weighted by atomic mass is 16.6. The molecular formula is C40H66N4O6. The van der Waals surface area contributed by atoms with Gasteiger partial charge in [-0.25, -0.2) is 9.59 Å². The molecule has 50 heavy (non-hydrogen) atoms. The number of oxime groups is 2. The lowest BCUT2D eigenvalue weighted by Gasteiger charge is -2.53. The second-order valence-electron chi connectivity index (χ2n) is 17.4. The van der Waals surface area contributed by atoms with Crippen LogP contribution in [0.1, 0.15) is 142 Å². The number of esters is 2. The molecule has 0 aromatic heterocycles. The summed E-state index contributed by atoms with van der Waals surface area (Å²) in [4.78, 5) is 39.3. The quantitative estimate of drug-likeness (QED) is 0.0724. The molecule has 6 aliphatic carbocycles. The first-order chi connectivity index (χ1) is 24.2. The minimum atomic E-state index is -0.822. The first-order valence-electron chi connectivity index (χ1n) is 20.4. The van der Waals surface area contributed by atoms with Gasteiger partial charge in [0.1, 0.15) is 24.4 Å². The monoisotopic (exact) mass is 698 g/mol. The number of rotatable bonds is 12. The summed E-state index contributed by atoms with van der Waals surface area (Å²) in [7, 11) is 0. The Morgan fingerprint density at radius 3 is 1.36 bits per heavy atom. The van der Waals surface area contributed by atoms with Crippen LogP contribution in [0.3, 0.4) is 0 Å². The Kier molecular flexibility index (Phi) is 12.2. The number of nitrogens with zero attached hydrogens (tertiary/aromatic N) is 2. The van der Waals surface area contributed by atoms with Crippen LogP contribution in [-0.4, -0.2) is 61.9 Å². The lowest BCUT2D eigenvalue weighted by Crippen LogP contribution is -2.56. The van der Waals surface area contributed by atoms with E-state index in [-0.39, 0.29) is 22.7 Å². The lowest BCUT2D eigenvalue weighted by molar-refractivity contribution is -0.210. The van der Waals surface area contributed by atoms with Gasteiger partial charge in [0.05, 0.1) is 0 Å². The molecule has 10 heteroatoms. The molecule has 282 valence electrons. The molecule has 0 radical (unpaired) electrons. The van der Waals surface area contributed by atoms with Gasteiger partial charge >= 0.3 is 11.9 Å². The third kappa shape index (κ3) is 7.35. The highest BCUT2D eigenvalue weighted by molar-refractivity contribution is 6.30. The predicted octanol–water partition coefficient (Wildman–Crippen LogP) is 7.07. The summed E-state index contributed by atoms with van der Waals surface area (Å²) >= 11 is 0. The maximum absolute atomic E-state index is 14.2. The molecule has 0 aromatic carbocycles. The standard InChI is InChI=1S/C40H66N4O6/c1-37-17-13-31(29-9-5-3-6-10-29)25-39(37,19-15-33(37)27-43-47-23-21-41)49-35(45)36(46)50-40-20-16-34(28-44-48-24-22-42)38(40,2)18-14-32(26-40)30-11-7-4-8-12-30/h27-34H,3-26,41-42H2,1-2H3/t31-,32-,33+,34+,37+,38+,39-,40-/m0/s1. The topological polar surface area (TPSA) is 148 Å². The molecule has 6 fully saturated rings. The van der Waals surface area contributed by atoms with E-state index in [2.05, 4.69) is 24.2 Å². The van der Waals surface area contributed by atoms with Crippen molar-refractivity contribution in [1.29, 1.82) is 0 Å². The number of ether oxygens (including phenoxy) is 2. The predicted molar refractivity (Wildman–Crippen MR) is 194 cm³/mol. The number of fused-ring (bicyclic) bond motifs is 2. The summed E-state index contributed by atoms with van der Waals surface area (Å²) in [6.45, 7) is 6.03. The Hall–Kier alpha value is -2.20. The molecule has 0 saturated heterocycles. The van der Waals surface area contributed by atoms with Crippen LogP contribution in [0.15, 0.2) is 10.3 Å². The van der Waals surface area contributed by atoms with E-state index in [1.807, 2.05) is 12.4 Å². The second-order valence-corrected chi connectivity index (χ2v) is 17.4. The van der Waals surface area contributed by atoms with Crippen molar-refractivity contribution in [2.45, 2.75) is 153 Å². The molecule has 0 aliphatic heterocycles. The fourth-order valence-electron chi connectivity index (χ4n) is 12.0. The van der Waals surface area contributed by atoms with E-state index in [1.54, 1.807) is 0 Å². The molecule has 0 heterocycles. The molecule has 6 saturated carbocycles. The van der Waals surface area contributed by atoms with Crippen molar-refractivity contribution in [3.05, 3.63) is 0 Å². The summed E-state index contributed by atoms with van der Waals surface area (Å²) in [5, 5.41) is 8.55. The molecule has 0 unspecified atom stereocenters. The molecule has 10 nitrogen and oxygen atoms in total. The minimum absolute atomic E-state index is 0.0873. The van der Waals surface area contributed by atoms with Crippen molar-refractivity contribution < 1.29 is 28.7 Å². The third-order valence-corrected chi connectivity index (χ3v) is 15.1. The zero-order chi connectivity index (χ0) is 35.2. The summed E-state index contributed by atoms with van der Waals surface area (Å²) in [5.74, 6) is 0.818. The van der Waals surface area contributed by atoms with Crippen LogP contribution in [-0.2, 0) is 28.7 Å². The van der Waals surface area contributed by atoms with E-state index in [1.165, 1.54) is 64.2 Å². The molecule has 0 bridgehead atoms. The van der Waals surface area contributed by atoms with Gasteiger partial charge in [0.25, 0.3) is 0 Å². The van der Waals surface area contributed by atoms with Crippen molar-refractivity contribution in [2.75, 3.05) is 26.3 Å². The molecule has 6 aliphatic rings. The Morgan fingerprint density at radius 2 is 0.980 bits per heavy atom.